The van der Waals surface area contributed by atoms with Crippen molar-refractivity contribution < 1.29 is 19.4 Å². The Balaban J connectivity index is 1.86. The van der Waals surface area contributed by atoms with E-state index in [0.717, 1.165) is 0 Å². The van der Waals surface area contributed by atoms with Crippen LogP contribution in [0.25, 0.3) is 0 Å². The highest BCUT2D eigenvalue weighted by atomic mass is 16.5. The van der Waals surface area contributed by atoms with Crippen LogP contribution in [0.15, 0.2) is 48.5 Å². The SMILES string of the molecule is N#Cc1ccccc1OCCOc1cccc(C(=O)O)c1. The summed E-state index contributed by atoms with van der Waals surface area (Å²) in [5.74, 6) is -0.0328. The van der Waals surface area contributed by atoms with Crippen molar-refractivity contribution in [2.75, 3.05) is 13.2 Å². The lowest BCUT2D eigenvalue weighted by molar-refractivity contribution is 0.0696. The summed E-state index contributed by atoms with van der Waals surface area (Å²) in [6.45, 7) is 0.513. The summed E-state index contributed by atoms with van der Waals surface area (Å²) in [5, 5.41) is 17.8. The van der Waals surface area contributed by atoms with Gasteiger partial charge in [0.2, 0.25) is 0 Å². The van der Waals surface area contributed by atoms with Crippen molar-refractivity contribution >= 4 is 5.97 Å². The zero-order valence-corrected chi connectivity index (χ0v) is 11.2. The third-order valence-corrected chi connectivity index (χ3v) is 2.70. The zero-order valence-electron chi connectivity index (χ0n) is 11.2. The summed E-state index contributed by atoms with van der Waals surface area (Å²) in [4.78, 5) is 10.8. The number of para-hydroxylation sites is 1. The molecule has 106 valence electrons. The number of rotatable bonds is 6. The maximum atomic E-state index is 10.8. The number of carboxylic acids is 1. The number of nitriles is 1. The molecule has 0 aliphatic carbocycles. The molecule has 0 aliphatic rings. The van der Waals surface area contributed by atoms with Gasteiger partial charge in [-0.05, 0) is 30.3 Å². The number of aromatic carboxylic acids is 1. The minimum absolute atomic E-state index is 0.170. The van der Waals surface area contributed by atoms with Gasteiger partial charge in [0.15, 0.2) is 0 Å². The van der Waals surface area contributed by atoms with E-state index in [1.54, 1.807) is 36.4 Å². The van der Waals surface area contributed by atoms with E-state index in [-0.39, 0.29) is 18.8 Å². The smallest absolute Gasteiger partial charge is 0.335 e. The van der Waals surface area contributed by atoms with Crippen molar-refractivity contribution in [1.29, 1.82) is 5.26 Å². The van der Waals surface area contributed by atoms with Crippen LogP contribution in [0, 0.1) is 11.3 Å². The molecule has 5 nitrogen and oxygen atoms in total. The fourth-order valence-corrected chi connectivity index (χ4v) is 1.71. The molecule has 0 fully saturated rings. The molecule has 1 N–H and O–H groups in total. The molecule has 0 aliphatic heterocycles. The molecule has 5 heteroatoms. The first-order chi connectivity index (χ1) is 10.2. The number of benzene rings is 2. The first-order valence-corrected chi connectivity index (χ1v) is 6.29. The molecule has 0 unspecified atom stereocenters. The van der Waals surface area contributed by atoms with Gasteiger partial charge in [-0.2, -0.15) is 5.26 Å². The highest BCUT2D eigenvalue weighted by Crippen LogP contribution is 2.17. The molecule has 0 atom stereocenters. The highest BCUT2D eigenvalue weighted by molar-refractivity contribution is 5.87. The predicted octanol–water partition coefficient (Wildman–Crippen LogP) is 2.71. The molecule has 0 amide bonds. The molecule has 2 aromatic rings. The van der Waals surface area contributed by atoms with Gasteiger partial charge in [0, 0.05) is 0 Å². The standard InChI is InChI=1S/C16H13NO4/c17-11-13-4-1-2-7-15(13)21-9-8-20-14-6-3-5-12(10-14)16(18)19/h1-7,10H,8-9H2,(H,18,19). The maximum absolute atomic E-state index is 10.8. The Hall–Kier alpha value is -3.00. The lowest BCUT2D eigenvalue weighted by Gasteiger charge is -2.09. The maximum Gasteiger partial charge on any atom is 0.335 e. The summed E-state index contributed by atoms with van der Waals surface area (Å²) in [6, 6.07) is 15.2. The second-order valence-corrected chi connectivity index (χ2v) is 4.14. The molecule has 2 aromatic carbocycles. The molecular weight excluding hydrogens is 270 g/mol. The molecule has 0 saturated carbocycles. The Kier molecular flexibility index (Phi) is 4.78. The molecule has 0 bridgehead atoms. The van der Waals surface area contributed by atoms with E-state index >= 15 is 0 Å². The van der Waals surface area contributed by atoms with Gasteiger partial charge >= 0.3 is 5.97 Å². The number of carbonyl (C=O) groups is 1. The van der Waals surface area contributed by atoms with Gasteiger partial charge in [-0.15, -0.1) is 0 Å². The van der Waals surface area contributed by atoms with Crippen molar-refractivity contribution in [3.63, 3.8) is 0 Å². The van der Waals surface area contributed by atoms with E-state index in [2.05, 4.69) is 0 Å². The Morgan fingerprint density at radius 2 is 1.86 bits per heavy atom. The third kappa shape index (κ3) is 3.98. The van der Waals surface area contributed by atoms with Crippen molar-refractivity contribution in [2.45, 2.75) is 0 Å². The Morgan fingerprint density at radius 1 is 1.10 bits per heavy atom. The van der Waals surface area contributed by atoms with Gasteiger partial charge in [-0.1, -0.05) is 18.2 Å². The number of ether oxygens (including phenoxy) is 2. The predicted molar refractivity (Wildman–Crippen MR) is 75.5 cm³/mol. The van der Waals surface area contributed by atoms with Crippen molar-refractivity contribution in [3.05, 3.63) is 59.7 Å². The number of hydrogen-bond acceptors (Lipinski definition) is 4. The van der Waals surface area contributed by atoms with Crippen molar-refractivity contribution in [2.24, 2.45) is 0 Å². The van der Waals surface area contributed by atoms with Crippen LogP contribution in [0.3, 0.4) is 0 Å². The Morgan fingerprint density at radius 3 is 2.62 bits per heavy atom. The molecular formula is C16H13NO4. The average molecular weight is 283 g/mol. The molecule has 0 heterocycles. The first kappa shape index (κ1) is 14.4. The van der Waals surface area contributed by atoms with Crippen molar-refractivity contribution in [3.8, 4) is 17.6 Å². The van der Waals surface area contributed by atoms with E-state index in [0.29, 0.717) is 17.1 Å². The molecule has 0 aromatic heterocycles. The summed E-state index contributed by atoms with van der Waals surface area (Å²) in [7, 11) is 0. The molecule has 0 spiro atoms. The molecule has 21 heavy (non-hydrogen) atoms. The van der Waals surface area contributed by atoms with Gasteiger partial charge in [-0.25, -0.2) is 4.79 Å². The van der Waals surface area contributed by atoms with Crippen LogP contribution in [0.4, 0.5) is 0 Å². The van der Waals surface area contributed by atoms with Gasteiger partial charge < -0.3 is 14.6 Å². The van der Waals surface area contributed by atoms with Crippen LogP contribution < -0.4 is 9.47 Å². The van der Waals surface area contributed by atoms with Crippen LogP contribution in [-0.4, -0.2) is 24.3 Å². The monoisotopic (exact) mass is 283 g/mol. The average Bonchev–Trinajstić information content (AvgIpc) is 2.52. The van der Waals surface area contributed by atoms with E-state index < -0.39 is 5.97 Å². The van der Waals surface area contributed by atoms with Crippen LogP contribution in [0.1, 0.15) is 15.9 Å². The molecule has 2 rings (SSSR count). The Bertz CT molecular complexity index is 676. The van der Waals surface area contributed by atoms with E-state index in [4.69, 9.17) is 19.8 Å². The second kappa shape index (κ2) is 6.96. The number of carboxylic acid groups (broad SMARTS) is 1. The van der Waals surface area contributed by atoms with Gasteiger partial charge in [-0.3, -0.25) is 0 Å². The third-order valence-electron chi connectivity index (χ3n) is 2.70. The van der Waals surface area contributed by atoms with E-state index in [1.807, 2.05) is 6.07 Å². The van der Waals surface area contributed by atoms with Crippen LogP contribution >= 0.6 is 0 Å². The minimum atomic E-state index is -1.00. The highest BCUT2D eigenvalue weighted by Gasteiger charge is 2.04. The first-order valence-electron chi connectivity index (χ1n) is 6.29. The summed E-state index contributed by atoms with van der Waals surface area (Å²) in [6.07, 6.45) is 0. The Labute approximate surface area is 122 Å². The van der Waals surface area contributed by atoms with Crippen LogP contribution in [-0.2, 0) is 0 Å². The van der Waals surface area contributed by atoms with Crippen LogP contribution in [0.5, 0.6) is 11.5 Å². The number of nitrogens with zero attached hydrogens (tertiary/aromatic N) is 1. The fraction of sp³-hybridized carbons (Fsp3) is 0.125. The molecule has 0 saturated heterocycles. The normalized spacial score (nSPS) is 9.67. The van der Waals surface area contributed by atoms with Gasteiger partial charge in [0.25, 0.3) is 0 Å². The topological polar surface area (TPSA) is 79.5 Å². The van der Waals surface area contributed by atoms with E-state index in [1.165, 1.54) is 12.1 Å². The molecule has 0 radical (unpaired) electrons. The van der Waals surface area contributed by atoms with E-state index in [9.17, 15) is 4.79 Å². The number of hydrogen-bond donors (Lipinski definition) is 1. The minimum Gasteiger partial charge on any atom is -0.490 e. The van der Waals surface area contributed by atoms with Gasteiger partial charge in [0.1, 0.15) is 30.8 Å². The van der Waals surface area contributed by atoms with Gasteiger partial charge in [0.05, 0.1) is 11.1 Å². The zero-order chi connectivity index (χ0) is 15.1. The fourth-order valence-electron chi connectivity index (χ4n) is 1.71. The summed E-state index contributed by atoms with van der Waals surface area (Å²) in [5.41, 5.74) is 0.633. The largest absolute Gasteiger partial charge is 0.490 e. The van der Waals surface area contributed by atoms with Crippen LogP contribution in [0.2, 0.25) is 0 Å². The summed E-state index contributed by atoms with van der Waals surface area (Å²) >= 11 is 0. The lowest BCUT2D eigenvalue weighted by atomic mass is 10.2. The quantitative estimate of drug-likeness (QED) is 0.824. The summed E-state index contributed by atoms with van der Waals surface area (Å²) < 4.78 is 10.9. The lowest BCUT2D eigenvalue weighted by Crippen LogP contribution is -2.10. The van der Waals surface area contributed by atoms with Crippen molar-refractivity contribution in [1.82, 2.24) is 0 Å². The second-order valence-electron chi connectivity index (χ2n) is 4.14.